The number of ether oxygens (including phenoxy) is 1. The van der Waals surface area contributed by atoms with Crippen LogP contribution in [0, 0.1) is 12.7 Å². The molecule has 0 aliphatic carbocycles. The Bertz CT molecular complexity index is 819. The predicted octanol–water partition coefficient (Wildman–Crippen LogP) is 3.29. The number of aromatic nitrogens is 1. The van der Waals surface area contributed by atoms with E-state index in [1.54, 1.807) is 12.1 Å². The van der Waals surface area contributed by atoms with E-state index in [4.69, 9.17) is 9.15 Å². The maximum Gasteiger partial charge on any atom is 0.229 e. The van der Waals surface area contributed by atoms with E-state index in [0.717, 1.165) is 18.7 Å². The SMILES string of the molecule is COc1ccc(-c2nc(CN(CC3CCC(=O)N3)C(C)C)c(C)o2)c(F)c1. The average molecular weight is 375 g/mol. The molecule has 1 N–H and O–H groups in total. The Kier molecular flexibility index (Phi) is 5.79. The number of aryl methyl sites for hydroxylation is 1. The lowest BCUT2D eigenvalue weighted by atomic mass is 10.1. The monoisotopic (exact) mass is 375 g/mol. The second kappa shape index (κ2) is 8.08. The van der Waals surface area contributed by atoms with Crippen molar-refractivity contribution in [2.75, 3.05) is 13.7 Å². The third-order valence-electron chi connectivity index (χ3n) is 4.92. The Balaban J connectivity index is 1.77. The van der Waals surface area contributed by atoms with Crippen LogP contribution in [0.15, 0.2) is 22.6 Å². The van der Waals surface area contributed by atoms with Crippen LogP contribution >= 0.6 is 0 Å². The standard InChI is InChI=1S/C20H26FN3O3/c1-12(2)24(10-14-5-8-19(25)22-14)11-18-13(3)27-20(23-18)16-7-6-15(26-4)9-17(16)21/h6-7,9,12,14H,5,8,10-11H2,1-4H3,(H,22,25). The third-order valence-corrected chi connectivity index (χ3v) is 4.92. The number of nitrogens with zero attached hydrogens (tertiary/aromatic N) is 2. The van der Waals surface area contributed by atoms with E-state index in [0.29, 0.717) is 30.0 Å². The fourth-order valence-electron chi connectivity index (χ4n) is 3.23. The summed E-state index contributed by atoms with van der Waals surface area (Å²) in [5.74, 6) is 1.06. The molecule has 146 valence electrons. The van der Waals surface area contributed by atoms with Gasteiger partial charge >= 0.3 is 0 Å². The topological polar surface area (TPSA) is 67.6 Å². The van der Waals surface area contributed by atoms with Gasteiger partial charge < -0.3 is 14.5 Å². The quantitative estimate of drug-likeness (QED) is 0.804. The molecule has 3 rings (SSSR count). The van der Waals surface area contributed by atoms with E-state index in [1.165, 1.54) is 13.2 Å². The highest BCUT2D eigenvalue weighted by molar-refractivity contribution is 5.78. The molecule has 6 nitrogen and oxygen atoms in total. The first-order valence-electron chi connectivity index (χ1n) is 9.21. The maximum atomic E-state index is 14.3. The zero-order valence-electron chi connectivity index (χ0n) is 16.2. The van der Waals surface area contributed by atoms with Gasteiger partial charge in [0.1, 0.15) is 17.3 Å². The molecule has 1 atom stereocenters. The number of oxazole rings is 1. The van der Waals surface area contributed by atoms with Gasteiger partial charge in [-0.25, -0.2) is 9.37 Å². The van der Waals surface area contributed by atoms with E-state index in [2.05, 4.69) is 29.0 Å². The minimum atomic E-state index is -0.434. The normalized spacial score (nSPS) is 17.0. The molecule has 1 saturated heterocycles. The van der Waals surface area contributed by atoms with Gasteiger partial charge in [-0.1, -0.05) is 0 Å². The molecule has 1 aliphatic rings. The average Bonchev–Trinajstić information content (AvgIpc) is 3.19. The van der Waals surface area contributed by atoms with Crippen molar-refractivity contribution in [1.29, 1.82) is 0 Å². The van der Waals surface area contributed by atoms with Crippen molar-refractivity contribution in [1.82, 2.24) is 15.2 Å². The number of hydrogen-bond donors (Lipinski definition) is 1. The summed E-state index contributed by atoms with van der Waals surface area (Å²) in [7, 11) is 1.50. The summed E-state index contributed by atoms with van der Waals surface area (Å²) in [5.41, 5.74) is 1.09. The summed E-state index contributed by atoms with van der Waals surface area (Å²) < 4.78 is 25.1. The summed E-state index contributed by atoms with van der Waals surface area (Å²) in [5, 5.41) is 3.00. The van der Waals surface area contributed by atoms with E-state index < -0.39 is 5.82 Å². The van der Waals surface area contributed by atoms with E-state index in [9.17, 15) is 9.18 Å². The van der Waals surface area contributed by atoms with Crippen molar-refractivity contribution in [3.05, 3.63) is 35.5 Å². The minimum absolute atomic E-state index is 0.110. The van der Waals surface area contributed by atoms with Gasteiger partial charge in [-0.2, -0.15) is 0 Å². The zero-order valence-corrected chi connectivity index (χ0v) is 16.2. The van der Waals surface area contributed by atoms with E-state index in [-0.39, 0.29) is 23.9 Å². The molecule has 1 unspecified atom stereocenters. The smallest absolute Gasteiger partial charge is 0.229 e. The van der Waals surface area contributed by atoms with Crippen LogP contribution in [0.1, 0.15) is 38.1 Å². The first kappa shape index (κ1) is 19.4. The van der Waals surface area contributed by atoms with E-state index >= 15 is 0 Å². The Labute approximate surface area is 158 Å². The van der Waals surface area contributed by atoms with E-state index in [1.807, 2.05) is 6.92 Å². The lowest BCUT2D eigenvalue weighted by molar-refractivity contribution is -0.119. The fourth-order valence-corrected chi connectivity index (χ4v) is 3.23. The number of methoxy groups -OCH3 is 1. The maximum absolute atomic E-state index is 14.3. The molecule has 2 aromatic rings. The van der Waals surface area contributed by atoms with Crippen LogP contribution in [0.25, 0.3) is 11.5 Å². The molecule has 27 heavy (non-hydrogen) atoms. The highest BCUT2D eigenvalue weighted by atomic mass is 19.1. The molecule has 1 amide bonds. The van der Waals surface area contributed by atoms with Crippen molar-refractivity contribution in [2.45, 2.75) is 52.2 Å². The van der Waals surface area contributed by atoms with Gasteiger partial charge in [0.25, 0.3) is 0 Å². The summed E-state index contributed by atoms with van der Waals surface area (Å²) >= 11 is 0. The number of halogens is 1. The van der Waals surface area contributed by atoms with Gasteiger partial charge in [0, 0.05) is 37.7 Å². The summed E-state index contributed by atoms with van der Waals surface area (Å²) in [6.45, 7) is 7.38. The Morgan fingerprint density at radius 2 is 2.22 bits per heavy atom. The minimum Gasteiger partial charge on any atom is -0.497 e. The van der Waals surface area contributed by atoms with Crippen LogP contribution in [0.2, 0.25) is 0 Å². The number of amides is 1. The molecular weight excluding hydrogens is 349 g/mol. The largest absolute Gasteiger partial charge is 0.497 e. The second-order valence-corrected chi connectivity index (χ2v) is 7.19. The number of rotatable bonds is 7. The lowest BCUT2D eigenvalue weighted by Crippen LogP contribution is -2.41. The molecule has 0 radical (unpaired) electrons. The molecule has 1 fully saturated rings. The Morgan fingerprint density at radius 1 is 1.44 bits per heavy atom. The molecule has 0 spiro atoms. The van der Waals surface area contributed by atoms with Crippen LogP contribution in [-0.2, 0) is 11.3 Å². The number of carbonyl (C=O) groups excluding carboxylic acids is 1. The van der Waals surface area contributed by atoms with Gasteiger partial charge in [-0.3, -0.25) is 9.69 Å². The van der Waals surface area contributed by atoms with Gasteiger partial charge in [0.2, 0.25) is 11.8 Å². The number of carbonyl (C=O) groups is 1. The van der Waals surface area contributed by atoms with Crippen LogP contribution < -0.4 is 10.1 Å². The van der Waals surface area contributed by atoms with Gasteiger partial charge in [0.05, 0.1) is 18.4 Å². The summed E-state index contributed by atoms with van der Waals surface area (Å²) in [6.07, 6.45) is 1.43. The van der Waals surface area contributed by atoms with Gasteiger partial charge in [-0.05, 0) is 39.3 Å². The van der Waals surface area contributed by atoms with Crippen molar-refractivity contribution in [2.24, 2.45) is 0 Å². The van der Waals surface area contributed by atoms with Gasteiger partial charge in [0.15, 0.2) is 0 Å². The Morgan fingerprint density at radius 3 is 2.81 bits per heavy atom. The van der Waals surface area contributed by atoms with Gasteiger partial charge in [-0.15, -0.1) is 0 Å². The van der Waals surface area contributed by atoms with Crippen molar-refractivity contribution < 1.29 is 18.3 Å². The Hall–Kier alpha value is -2.41. The number of nitrogens with one attached hydrogen (secondary N) is 1. The molecule has 0 bridgehead atoms. The highest BCUT2D eigenvalue weighted by Crippen LogP contribution is 2.28. The molecule has 1 aromatic carbocycles. The van der Waals surface area contributed by atoms with Crippen LogP contribution in [-0.4, -0.2) is 41.5 Å². The third kappa shape index (κ3) is 4.47. The van der Waals surface area contributed by atoms with Crippen LogP contribution in [0.4, 0.5) is 4.39 Å². The first-order chi connectivity index (χ1) is 12.9. The molecule has 2 heterocycles. The fraction of sp³-hybridized carbons (Fsp3) is 0.500. The van der Waals surface area contributed by atoms with Crippen molar-refractivity contribution >= 4 is 5.91 Å². The van der Waals surface area contributed by atoms with Crippen molar-refractivity contribution in [3.63, 3.8) is 0 Å². The lowest BCUT2D eigenvalue weighted by Gasteiger charge is -2.28. The zero-order chi connectivity index (χ0) is 19.6. The molecule has 0 saturated carbocycles. The summed E-state index contributed by atoms with van der Waals surface area (Å²) in [6, 6.07) is 5.04. The highest BCUT2D eigenvalue weighted by Gasteiger charge is 2.25. The molecule has 1 aliphatic heterocycles. The number of benzene rings is 1. The van der Waals surface area contributed by atoms with Crippen LogP contribution in [0.3, 0.4) is 0 Å². The first-order valence-corrected chi connectivity index (χ1v) is 9.21. The molecular formula is C20H26FN3O3. The predicted molar refractivity (Wildman–Crippen MR) is 99.9 cm³/mol. The number of hydrogen-bond acceptors (Lipinski definition) is 5. The van der Waals surface area contributed by atoms with Crippen LogP contribution in [0.5, 0.6) is 5.75 Å². The molecule has 1 aromatic heterocycles. The summed E-state index contributed by atoms with van der Waals surface area (Å²) in [4.78, 5) is 18.2. The van der Waals surface area contributed by atoms with Crippen molar-refractivity contribution in [3.8, 4) is 17.2 Å². The second-order valence-electron chi connectivity index (χ2n) is 7.19. The molecule has 7 heteroatoms.